The molecule has 1 aromatic rings. The Morgan fingerprint density at radius 3 is 2.46 bits per heavy atom. The third-order valence-electron chi connectivity index (χ3n) is 1.98. The summed E-state index contributed by atoms with van der Waals surface area (Å²) in [4.78, 5) is 0. The summed E-state index contributed by atoms with van der Waals surface area (Å²) < 4.78 is 0. The van der Waals surface area contributed by atoms with Crippen molar-refractivity contribution >= 4 is 27.6 Å². The van der Waals surface area contributed by atoms with Gasteiger partial charge in [0.1, 0.15) is 0 Å². The fraction of sp³-hybridized carbons (Fsp3) is 0.455. The van der Waals surface area contributed by atoms with Gasteiger partial charge in [0.05, 0.1) is 0 Å². The third kappa shape index (κ3) is 6.16. The first kappa shape index (κ1) is 13.0. The molecule has 13 heavy (non-hydrogen) atoms. The Hall–Kier alpha value is 0.0425. The highest BCUT2D eigenvalue weighted by atomic mass is 35.5. The lowest BCUT2D eigenvalue weighted by molar-refractivity contribution is 0.877. The van der Waals surface area contributed by atoms with Crippen LogP contribution in [0.25, 0.3) is 0 Å². The van der Waals surface area contributed by atoms with Gasteiger partial charge < -0.3 is 0 Å². The maximum atomic E-state index is 2.27. The minimum Gasteiger partial charge on any atom is -0.147 e. The molecule has 1 radical (unpaired) electrons. The predicted molar refractivity (Wildman–Crippen MR) is 62.9 cm³/mol. The molecule has 71 valence electrons. The van der Waals surface area contributed by atoms with Crippen LogP contribution in [0.3, 0.4) is 0 Å². The molecule has 1 aromatic carbocycles. The molecular formula is C11H17AlCl. The Bertz CT molecular complexity index is 199. The van der Waals surface area contributed by atoms with E-state index in [2.05, 4.69) is 37.3 Å². The molecule has 0 aliphatic rings. The van der Waals surface area contributed by atoms with Crippen LogP contribution in [0, 0.1) is 0 Å². The summed E-state index contributed by atoms with van der Waals surface area (Å²) in [5.41, 5.74) is 1.52. The van der Waals surface area contributed by atoms with Gasteiger partial charge in [-0.2, -0.15) is 0 Å². The minimum absolute atomic E-state index is 0. The SMILES string of the molecule is CCC[CH2][Al][CH2]c1ccccc1.Cl. The minimum atomic E-state index is 0. The first-order valence-corrected chi connectivity index (χ1v) is 6.42. The molecule has 0 bridgehead atoms. The second kappa shape index (κ2) is 8.63. The normalized spacial score (nSPS) is 9.00. The largest absolute Gasteiger partial charge is 0.207 e. The van der Waals surface area contributed by atoms with E-state index in [1.807, 2.05) is 0 Å². The second-order valence-corrected chi connectivity index (χ2v) is 4.68. The molecule has 0 aliphatic carbocycles. The fourth-order valence-electron chi connectivity index (χ4n) is 1.23. The molecular weight excluding hydrogens is 195 g/mol. The smallest absolute Gasteiger partial charge is 0.147 e. The number of unbranched alkanes of at least 4 members (excludes halogenated alkanes) is 1. The molecule has 0 spiro atoms. The predicted octanol–water partition coefficient (Wildman–Crippen LogP) is 3.53. The average molecular weight is 212 g/mol. The van der Waals surface area contributed by atoms with Crippen LogP contribution in [0.2, 0.25) is 5.28 Å². The lowest BCUT2D eigenvalue weighted by Gasteiger charge is -1.97. The lowest BCUT2D eigenvalue weighted by atomic mass is 10.2. The highest BCUT2D eigenvalue weighted by Crippen LogP contribution is 2.01. The van der Waals surface area contributed by atoms with Crippen molar-refractivity contribution in [1.29, 1.82) is 0 Å². The van der Waals surface area contributed by atoms with Crippen molar-refractivity contribution in [1.82, 2.24) is 0 Å². The number of rotatable bonds is 5. The van der Waals surface area contributed by atoms with Gasteiger partial charge >= 0.3 is 0 Å². The van der Waals surface area contributed by atoms with Gasteiger partial charge in [0.25, 0.3) is 0 Å². The molecule has 0 atom stereocenters. The quantitative estimate of drug-likeness (QED) is 0.516. The summed E-state index contributed by atoms with van der Waals surface area (Å²) >= 11 is 0.659. The Morgan fingerprint density at radius 2 is 1.85 bits per heavy atom. The summed E-state index contributed by atoms with van der Waals surface area (Å²) in [7, 11) is 0. The number of hydrogen-bond donors (Lipinski definition) is 0. The van der Waals surface area contributed by atoms with Crippen LogP contribution in [0.15, 0.2) is 30.3 Å². The van der Waals surface area contributed by atoms with Gasteiger partial charge in [0.2, 0.25) is 15.2 Å². The fourth-order valence-corrected chi connectivity index (χ4v) is 2.74. The average Bonchev–Trinajstić information content (AvgIpc) is 2.14. The zero-order chi connectivity index (χ0) is 8.65. The first-order valence-electron chi connectivity index (χ1n) is 4.79. The van der Waals surface area contributed by atoms with Crippen LogP contribution in [-0.2, 0) is 5.28 Å². The van der Waals surface area contributed by atoms with E-state index in [4.69, 9.17) is 0 Å². The highest BCUT2D eigenvalue weighted by Gasteiger charge is 1.93. The monoisotopic (exact) mass is 211 g/mol. The van der Waals surface area contributed by atoms with Crippen molar-refractivity contribution < 1.29 is 0 Å². The highest BCUT2D eigenvalue weighted by molar-refractivity contribution is 6.34. The van der Waals surface area contributed by atoms with Crippen molar-refractivity contribution in [2.75, 3.05) is 0 Å². The Balaban J connectivity index is 0.00000144. The summed E-state index contributed by atoms with van der Waals surface area (Å²) in [6.45, 7) is 2.27. The van der Waals surface area contributed by atoms with Crippen LogP contribution in [0.4, 0.5) is 0 Å². The summed E-state index contributed by atoms with van der Waals surface area (Å²) in [6.07, 6.45) is 2.77. The molecule has 0 saturated heterocycles. The van der Waals surface area contributed by atoms with E-state index < -0.39 is 0 Å². The molecule has 0 aliphatic heterocycles. The van der Waals surface area contributed by atoms with E-state index >= 15 is 0 Å². The molecule has 0 N–H and O–H groups in total. The van der Waals surface area contributed by atoms with Crippen molar-refractivity contribution in [3.63, 3.8) is 0 Å². The Labute approximate surface area is 93.9 Å². The van der Waals surface area contributed by atoms with Gasteiger partial charge in [-0.3, -0.25) is 0 Å². The second-order valence-electron chi connectivity index (χ2n) is 3.12. The molecule has 0 aromatic heterocycles. The van der Waals surface area contributed by atoms with Crippen LogP contribution < -0.4 is 0 Å². The summed E-state index contributed by atoms with van der Waals surface area (Å²) in [5.74, 6) is 0. The maximum Gasteiger partial charge on any atom is 0.207 e. The molecule has 2 heteroatoms. The first-order chi connectivity index (χ1) is 5.93. The van der Waals surface area contributed by atoms with Crippen LogP contribution in [0.1, 0.15) is 25.3 Å². The lowest BCUT2D eigenvalue weighted by Crippen LogP contribution is -1.95. The van der Waals surface area contributed by atoms with Gasteiger partial charge in [0.15, 0.2) is 0 Å². The van der Waals surface area contributed by atoms with E-state index in [1.165, 1.54) is 29.0 Å². The van der Waals surface area contributed by atoms with Crippen molar-refractivity contribution in [3.8, 4) is 0 Å². The van der Waals surface area contributed by atoms with Gasteiger partial charge in [0, 0.05) is 0 Å². The van der Waals surface area contributed by atoms with E-state index in [0.717, 1.165) is 0 Å². The van der Waals surface area contributed by atoms with Gasteiger partial charge in [-0.15, -0.1) is 17.7 Å². The molecule has 1 rings (SSSR count). The number of hydrogen-bond acceptors (Lipinski definition) is 0. The molecule has 0 nitrogen and oxygen atoms in total. The van der Waals surface area contributed by atoms with Gasteiger partial charge in [-0.05, 0) is 0 Å². The van der Waals surface area contributed by atoms with Gasteiger partial charge in [-0.1, -0.05) is 60.9 Å². The number of halogens is 1. The summed E-state index contributed by atoms with van der Waals surface area (Å²) in [6, 6.07) is 10.8. The van der Waals surface area contributed by atoms with Crippen LogP contribution in [-0.4, -0.2) is 15.2 Å². The maximum absolute atomic E-state index is 2.27. The Morgan fingerprint density at radius 1 is 1.15 bits per heavy atom. The van der Waals surface area contributed by atoms with Gasteiger partial charge in [-0.25, -0.2) is 0 Å². The van der Waals surface area contributed by atoms with Crippen molar-refractivity contribution in [3.05, 3.63) is 35.9 Å². The topological polar surface area (TPSA) is 0 Å². The molecule has 0 fully saturated rings. The molecule has 0 saturated carbocycles. The Kier molecular flexibility index (Phi) is 8.66. The van der Waals surface area contributed by atoms with Crippen molar-refractivity contribution in [2.24, 2.45) is 0 Å². The standard InChI is InChI=1S/C7H7.C4H9.Al.ClH/c1-7-5-3-2-4-6-7;1-3-4-2;;/h2-6H,1H2;1,3-4H2,2H3;;1H. The van der Waals surface area contributed by atoms with Crippen LogP contribution >= 0.6 is 12.4 Å². The van der Waals surface area contributed by atoms with E-state index in [0.29, 0.717) is 15.2 Å². The number of benzene rings is 1. The van der Waals surface area contributed by atoms with Crippen LogP contribution in [0.5, 0.6) is 0 Å². The third-order valence-corrected chi connectivity index (χ3v) is 3.56. The molecule has 0 amide bonds. The van der Waals surface area contributed by atoms with Crippen molar-refractivity contribution in [2.45, 2.75) is 30.3 Å². The zero-order valence-electron chi connectivity index (χ0n) is 8.20. The molecule has 0 heterocycles. The van der Waals surface area contributed by atoms with E-state index in [1.54, 1.807) is 0 Å². The molecule has 0 unspecified atom stereocenters. The van der Waals surface area contributed by atoms with E-state index in [9.17, 15) is 0 Å². The summed E-state index contributed by atoms with van der Waals surface area (Å²) in [5, 5.41) is 2.80. The van der Waals surface area contributed by atoms with E-state index in [-0.39, 0.29) is 12.4 Å². The zero-order valence-corrected chi connectivity index (χ0v) is 10.2.